The van der Waals surface area contributed by atoms with Gasteiger partial charge < -0.3 is 14.7 Å². The molecule has 0 spiro atoms. The molecule has 2 rings (SSSR count). The summed E-state index contributed by atoms with van der Waals surface area (Å²) in [6, 6.07) is 8.54. The van der Waals surface area contributed by atoms with Crippen LogP contribution in [-0.2, 0) is 18.5 Å². The molecule has 0 saturated heterocycles. The van der Waals surface area contributed by atoms with E-state index < -0.39 is 0 Å². The lowest BCUT2D eigenvalue weighted by atomic mass is 9.97. The minimum absolute atomic E-state index is 0.151. The lowest BCUT2D eigenvalue weighted by Gasteiger charge is -2.22. The second-order valence-electron chi connectivity index (χ2n) is 7.28. The van der Waals surface area contributed by atoms with Gasteiger partial charge in [0.05, 0.1) is 0 Å². The normalized spacial score (nSPS) is 12.3. The van der Waals surface area contributed by atoms with Gasteiger partial charge in [-0.2, -0.15) is 4.98 Å². The minimum Gasteiger partial charge on any atom is -0.357 e. The van der Waals surface area contributed by atoms with Crippen molar-refractivity contribution in [1.29, 1.82) is 0 Å². The number of aromatic nitrogens is 2. The average molecular weight is 343 g/mol. The molecule has 6 nitrogen and oxygen atoms in total. The first-order chi connectivity index (χ1) is 11.8. The van der Waals surface area contributed by atoms with Gasteiger partial charge >= 0.3 is 0 Å². The van der Waals surface area contributed by atoms with E-state index in [1.54, 1.807) is 0 Å². The number of rotatable bonds is 5. The predicted molar refractivity (Wildman–Crippen MR) is 100 cm³/mol. The molecule has 0 aliphatic rings. The second kappa shape index (κ2) is 8.14. The van der Waals surface area contributed by atoms with Crippen LogP contribution in [0.25, 0.3) is 0 Å². The van der Waals surface area contributed by atoms with Crippen molar-refractivity contribution in [3.05, 3.63) is 47.1 Å². The van der Waals surface area contributed by atoms with Crippen LogP contribution in [0.15, 0.2) is 33.8 Å². The molecule has 0 unspecified atom stereocenters. The van der Waals surface area contributed by atoms with Gasteiger partial charge in [-0.25, -0.2) is 4.99 Å². The van der Waals surface area contributed by atoms with Crippen molar-refractivity contribution in [3.63, 3.8) is 0 Å². The van der Waals surface area contributed by atoms with E-state index in [0.717, 1.165) is 19.0 Å². The second-order valence-corrected chi connectivity index (χ2v) is 7.28. The fourth-order valence-corrected chi connectivity index (χ4v) is 2.28. The highest BCUT2D eigenvalue weighted by atomic mass is 16.5. The number of guanidine groups is 1. The lowest BCUT2D eigenvalue weighted by Crippen LogP contribution is -2.38. The summed E-state index contributed by atoms with van der Waals surface area (Å²) in [5.41, 5.74) is 2.36. The molecule has 1 N–H and O–H groups in total. The highest BCUT2D eigenvalue weighted by Crippen LogP contribution is 2.19. The van der Waals surface area contributed by atoms with Crippen molar-refractivity contribution >= 4 is 5.96 Å². The van der Waals surface area contributed by atoms with E-state index in [0.29, 0.717) is 18.3 Å². The quantitative estimate of drug-likeness (QED) is 0.667. The maximum Gasteiger partial charge on any atom is 0.232 e. The number of nitrogens with one attached hydrogen (secondary N) is 1. The largest absolute Gasteiger partial charge is 0.357 e. The molecule has 0 aliphatic heterocycles. The van der Waals surface area contributed by atoms with E-state index in [1.807, 2.05) is 27.8 Å². The first-order valence-corrected chi connectivity index (χ1v) is 8.67. The van der Waals surface area contributed by atoms with Crippen LogP contribution >= 0.6 is 0 Å². The third-order valence-corrected chi connectivity index (χ3v) is 3.72. The molecular formula is C19H29N5O. The van der Waals surface area contributed by atoms with Crippen LogP contribution < -0.4 is 5.32 Å². The van der Waals surface area contributed by atoms with E-state index in [2.05, 4.69) is 63.5 Å². The Morgan fingerprint density at radius 2 is 1.92 bits per heavy atom. The van der Waals surface area contributed by atoms with Crippen LogP contribution in [0.5, 0.6) is 0 Å². The Bertz CT molecular complexity index is 697. The Hall–Kier alpha value is -2.37. The van der Waals surface area contributed by atoms with Crippen molar-refractivity contribution in [2.75, 3.05) is 13.6 Å². The van der Waals surface area contributed by atoms with Gasteiger partial charge in [-0.3, -0.25) is 0 Å². The topological polar surface area (TPSA) is 66.5 Å². The first-order valence-electron chi connectivity index (χ1n) is 8.67. The van der Waals surface area contributed by atoms with Crippen molar-refractivity contribution in [1.82, 2.24) is 20.4 Å². The fraction of sp³-hybridized carbons (Fsp3) is 0.526. The zero-order valence-corrected chi connectivity index (χ0v) is 16.1. The van der Waals surface area contributed by atoms with E-state index >= 15 is 0 Å². The molecule has 1 aromatic heterocycles. The summed E-state index contributed by atoms with van der Waals surface area (Å²) in [6.07, 6.45) is 0. The SMILES string of the molecule is CCNC(=NCc1noc(C(C)(C)C)n1)N(C)Cc1ccc(C)cc1. The molecule has 0 fully saturated rings. The Morgan fingerprint density at radius 3 is 2.48 bits per heavy atom. The number of nitrogens with zero attached hydrogens (tertiary/aromatic N) is 4. The molecule has 0 atom stereocenters. The monoisotopic (exact) mass is 343 g/mol. The molecule has 1 heterocycles. The van der Waals surface area contributed by atoms with Gasteiger partial charge in [-0.15, -0.1) is 0 Å². The molecule has 136 valence electrons. The van der Waals surface area contributed by atoms with Gasteiger partial charge in [0, 0.05) is 25.6 Å². The van der Waals surface area contributed by atoms with Gasteiger partial charge in [-0.1, -0.05) is 55.8 Å². The number of hydrogen-bond donors (Lipinski definition) is 1. The standard InChI is InChI=1S/C19H29N5O/c1-7-20-18(24(6)13-15-10-8-14(2)9-11-15)21-12-16-22-17(25-23-16)19(3,4)5/h8-11H,7,12-13H2,1-6H3,(H,20,21). The summed E-state index contributed by atoms with van der Waals surface area (Å²) >= 11 is 0. The van der Waals surface area contributed by atoms with Gasteiger partial charge in [0.2, 0.25) is 5.89 Å². The van der Waals surface area contributed by atoms with Crippen LogP contribution in [0.1, 0.15) is 50.5 Å². The van der Waals surface area contributed by atoms with Crippen molar-refractivity contribution in [2.24, 2.45) is 4.99 Å². The highest BCUT2D eigenvalue weighted by Gasteiger charge is 2.21. The van der Waals surface area contributed by atoms with E-state index in [-0.39, 0.29) is 5.41 Å². The molecule has 0 amide bonds. The summed E-state index contributed by atoms with van der Waals surface area (Å²) in [5.74, 6) is 2.06. The van der Waals surface area contributed by atoms with E-state index in [9.17, 15) is 0 Å². The number of aliphatic imine (C=N–C) groups is 1. The molecule has 0 aliphatic carbocycles. The fourth-order valence-electron chi connectivity index (χ4n) is 2.28. The van der Waals surface area contributed by atoms with Gasteiger partial charge in [0.1, 0.15) is 6.54 Å². The average Bonchev–Trinajstić information content (AvgIpc) is 3.02. The molecule has 6 heteroatoms. The molecule has 25 heavy (non-hydrogen) atoms. The zero-order valence-electron chi connectivity index (χ0n) is 16.1. The molecule has 0 saturated carbocycles. The molecule has 0 bridgehead atoms. The van der Waals surface area contributed by atoms with Crippen LogP contribution in [-0.4, -0.2) is 34.6 Å². The molecule has 0 radical (unpaired) electrons. The molecular weight excluding hydrogens is 314 g/mol. The Kier molecular flexibility index (Phi) is 6.17. The number of benzene rings is 1. The molecule has 1 aromatic carbocycles. The Morgan fingerprint density at radius 1 is 1.24 bits per heavy atom. The van der Waals surface area contributed by atoms with Gasteiger partial charge in [0.25, 0.3) is 0 Å². The first kappa shape index (κ1) is 19.0. The zero-order chi connectivity index (χ0) is 18.4. The van der Waals surface area contributed by atoms with Crippen LogP contribution in [0.4, 0.5) is 0 Å². The van der Waals surface area contributed by atoms with Gasteiger partial charge in [0.15, 0.2) is 11.8 Å². The third kappa shape index (κ3) is 5.59. The van der Waals surface area contributed by atoms with Crippen molar-refractivity contribution in [2.45, 2.75) is 53.1 Å². The maximum absolute atomic E-state index is 5.32. The Balaban J connectivity index is 2.06. The summed E-state index contributed by atoms with van der Waals surface area (Å²) in [7, 11) is 2.03. The summed E-state index contributed by atoms with van der Waals surface area (Å²) in [6.45, 7) is 12.3. The van der Waals surface area contributed by atoms with Gasteiger partial charge in [-0.05, 0) is 19.4 Å². The highest BCUT2D eigenvalue weighted by molar-refractivity contribution is 5.79. The number of aryl methyl sites for hydroxylation is 1. The summed E-state index contributed by atoms with van der Waals surface area (Å²) in [4.78, 5) is 11.2. The van der Waals surface area contributed by atoms with E-state index in [4.69, 9.17) is 4.52 Å². The third-order valence-electron chi connectivity index (χ3n) is 3.72. The van der Waals surface area contributed by atoms with E-state index in [1.165, 1.54) is 11.1 Å². The van der Waals surface area contributed by atoms with Crippen LogP contribution in [0, 0.1) is 6.92 Å². The minimum atomic E-state index is -0.151. The van der Waals surface area contributed by atoms with Crippen molar-refractivity contribution < 1.29 is 4.52 Å². The predicted octanol–water partition coefficient (Wildman–Crippen LogP) is 3.27. The van der Waals surface area contributed by atoms with Crippen LogP contribution in [0.3, 0.4) is 0 Å². The Labute approximate surface area is 150 Å². The summed E-state index contributed by atoms with van der Waals surface area (Å²) in [5, 5.41) is 7.34. The maximum atomic E-state index is 5.32. The molecule has 2 aromatic rings. The van der Waals surface area contributed by atoms with Crippen LogP contribution in [0.2, 0.25) is 0 Å². The number of hydrogen-bond acceptors (Lipinski definition) is 4. The lowest BCUT2D eigenvalue weighted by molar-refractivity contribution is 0.318. The smallest absolute Gasteiger partial charge is 0.232 e. The summed E-state index contributed by atoms with van der Waals surface area (Å²) < 4.78 is 5.32. The van der Waals surface area contributed by atoms with Crippen molar-refractivity contribution in [3.8, 4) is 0 Å².